The van der Waals surface area contributed by atoms with Gasteiger partial charge < -0.3 is 4.74 Å². The van der Waals surface area contributed by atoms with Crippen LogP contribution in [0.25, 0.3) is 5.69 Å². The molecule has 7 nitrogen and oxygen atoms in total. The maximum Gasteiger partial charge on any atom is 0.364 e. The van der Waals surface area contributed by atoms with Gasteiger partial charge in [0.15, 0.2) is 0 Å². The van der Waals surface area contributed by atoms with Crippen LogP contribution in [0.15, 0.2) is 21.7 Å². The van der Waals surface area contributed by atoms with Crippen molar-refractivity contribution in [3.63, 3.8) is 0 Å². The molecule has 116 valence electrons. The van der Waals surface area contributed by atoms with Crippen LogP contribution in [0.2, 0.25) is 15.1 Å². The fourth-order valence-electron chi connectivity index (χ4n) is 1.64. The van der Waals surface area contributed by atoms with Crippen molar-refractivity contribution in [2.75, 3.05) is 6.61 Å². The molecule has 0 spiro atoms. The maximum atomic E-state index is 12.3. The van der Waals surface area contributed by atoms with Crippen LogP contribution in [0.3, 0.4) is 0 Å². The first-order valence-electron chi connectivity index (χ1n) is 5.90. The first kappa shape index (κ1) is 16.5. The summed E-state index contributed by atoms with van der Waals surface area (Å²) in [6.45, 7) is 1.62. The van der Waals surface area contributed by atoms with Gasteiger partial charge in [0.2, 0.25) is 5.69 Å². The minimum Gasteiger partial charge on any atom is -0.461 e. The molecular formula is C12H8Cl3N3O4. The number of carbonyl (C=O) groups excluding carboxylic acids is 1. The highest BCUT2D eigenvalue weighted by atomic mass is 35.5. The van der Waals surface area contributed by atoms with E-state index in [1.165, 1.54) is 12.1 Å². The molecule has 1 aromatic heterocycles. The molecular weight excluding hydrogens is 357 g/mol. The zero-order valence-corrected chi connectivity index (χ0v) is 13.3. The SMILES string of the molecule is CCOC(=O)c1n[nH]c(=O)n(-c2cc(Cl)c(Cl)c(Cl)c2)c1=O. The van der Waals surface area contributed by atoms with Crippen molar-refractivity contribution < 1.29 is 9.53 Å². The van der Waals surface area contributed by atoms with Crippen molar-refractivity contribution >= 4 is 40.8 Å². The van der Waals surface area contributed by atoms with Gasteiger partial charge in [0.1, 0.15) is 0 Å². The molecule has 10 heteroatoms. The number of aromatic nitrogens is 3. The van der Waals surface area contributed by atoms with Crippen LogP contribution in [0.4, 0.5) is 0 Å². The molecule has 1 heterocycles. The molecule has 22 heavy (non-hydrogen) atoms. The second-order valence-corrected chi connectivity index (χ2v) is 5.15. The number of rotatable bonds is 3. The molecule has 0 fully saturated rings. The molecule has 2 rings (SSSR count). The smallest absolute Gasteiger partial charge is 0.364 e. The van der Waals surface area contributed by atoms with Gasteiger partial charge in [-0.15, -0.1) is 0 Å². The Morgan fingerprint density at radius 1 is 1.27 bits per heavy atom. The van der Waals surface area contributed by atoms with Crippen LogP contribution in [0.5, 0.6) is 0 Å². The number of nitrogens with one attached hydrogen (secondary N) is 1. The van der Waals surface area contributed by atoms with E-state index >= 15 is 0 Å². The molecule has 0 atom stereocenters. The fraction of sp³-hybridized carbons (Fsp3) is 0.167. The van der Waals surface area contributed by atoms with Crippen LogP contribution in [-0.4, -0.2) is 27.3 Å². The summed E-state index contributed by atoms with van der Waals surface area (Å²) in [6, 6.07) is 2.53. The second-order valence-electron chi connectivity index (χ2n) is 3.96. The average Bonchev–Trinajstić information content (AvgIpc) is 2.45. The second kappa shape index (κ2) is 6.51. The van der Waals surface area contributed by atoms with Gasteiger partial charge >= 0.3 is 11.7 Å². The van der Waals surface area contributed by atoms with E-state index in [1.54, 1.807) is 6.92 Å². The Balaban J connectivity index is 2.71. The van der Waals surface area contributed by atoms with Crippen LogP contribution in [-0.2, 0) is 4.74 Å². The zero-order chi connectivity index (χ0) is 16.4. The quantitative estimate of drug-likeness (QED) is 0.664. The summed E-state index contributed by atoms with van der Waals surface area (Å²) in [4.78, 5) is 35.8. The number of nitrogens with zero attached hydrogens (tertiary/aromatic N) is 2. The molecule has 2 aromatic rings. The van der Waals surface area contributed by atoms with E-state index < -0.39 is 22.9 Å². The lowest BCUT2D eigenvalue weighted by Gasteiger charge is -2.08. The zero-order valence-electron chi connectivity index (χ0n) is 11.0. The van der Waals surface area contributed by atoms with Gasteiger partial charge in [0.05, 0.1) is 27.4 Å². The number of H-pyrrole nitrogens is 1. The molecule has 0 unspecified atom stereocenters. The van der Waals surface area contributed by atoms with Crippen LogP contribution in [0.1, 0.15) is 17.4 Å². The highest BCUT2D eigenvalue weighted by molar-refractivity contribution is 6.48. The van der Waals surface area contributed by atoms with Gasteiger partial charge in [0.25, 0.3) is 5.56 Å². The summed E-state index contributed by atoms with van der Waals surface area (Å²) in [5.74, 6) is -0.955. The molecule has 1 aromatic carbocycles. The molecule has 0 radical (unpaired) electrons. The first-order valence-corrected chi connectivity index (χ1v) is 7.04. The third-order valence-corrected chi connectivity index (χ3v) is 3.76. The largest absolute Gasteiger partial charge is 0.461 e. The van der Waals surface area contributed by atoms with E-state index in [0.29, 0.717) is 4.57 Å². The Hall–Kier alpha value is -1.83. The molecule has 0 saturated heterocycles. The molecule has 0 saturated carbocycles. The normalized spacial score (nSPS) is 10.5. The number of ether oxygens (including phenoxy) is 1. The summed E-state index contributed by atoms with van der Waals surface area (Å²) in [5.41, 5.74) is -2.36. The van der Waals surface area contributed by atoms with Gasteiger partial charge in [-0.25, -0.2) is 19.3 Å². The van der Waals surface area contributed by atoms with Gasteiger partial charge in [-0.2, -0.15) is 5.10 Å². The number of halogens is 3. The van der Waals surface area contributed by atoms with Crippen LogP contribution >= 0.6 is 34.8 Å². The fourth-order valence-corrected chi connectivity index (χ4v) is 2.22. The van der Waals surface area contributed by atoms with Gasteiger partial charge in [-0.05, 0) is 19.1 Å². The van der Waals surface area contributed by atoms with Crippen molar-refractivity contribution in [3.05, 3.63) is 53.7 Å². The van der Waals surface area contributed by atoms with Crippen molar-refractivity contribution in [1.29, 1.82) is 0 Å². The lowest BCUT2D eigenvalue weighted by Crippen LogP contribution is -2.39. The molecule has 0 bridgehead atoms. The Labute approximate surface area is 138 Å². The summed E-state index contributed by atoms with van der Waals surface area (Å²) in [7, 11) is 0. The Kier molecular flexibility index (Phi) is 4.90. The monoisotopic (exact) mass is 363 g/mol. The minimum atomic E-state index is -0.961. The molecule has 0 aliphatic carbocycles. The topological polar surface area (TPSA) is 94.0 Å². The number of benzene rings is 1. The first-order chi connectivity index (χ1) is 10.4. The van der Waals surface area contributed by atoms with Crippen LogP contribution in [0, 0.1) is 0 Å². The summed E-state index contributed by atoms with van der Waals surface area (Å²) in [6.07, 6.45) is 0. The molecule has 1 N–H and O–H groups in total. The van der Waals surface area contributed by atoms with Crippen molar-refractivity contribution in [2.24, 2.45) is 0 Å². The van der Waals surface area contributed by atoms with Crippen LogP contribution < -0.4 is 11.2 Å². The van der Waals surface area contributed by atoms with Gasteiger partial charge in [0, 0.05) is 0 Å². The van der Waals surface area contributed by atoms with Crippen molar-refractivity contribution in [3.8, 4) is 5.69 Å². The minimum absolute atomic E-state index is 0.0404. The number of esters is 1. The lowest BCUT2D eigenvalue weighted by molar-refractivity contribution is 0.0515. The number of carbonyl (C=O) groups is 1. The molecule has 0 aliphatic heterocycles. The molecule has 0 aliphatic rings. The van der Waals surface area contributed by atoms with Crippen molar-refractivity contribution in [2.45, 2.75) is 6.92 Å². The summed E-state index contributed by atoms with van der Waals surface area (Å²) >= 11 is 17.6. The van der Waals surface area contributed by atoms with Crippen molar-refractivity contribution in [1.82, 2.24) is 14.8 Å². The van der Waals surface area contributed by atoms with E-state index in [2.05, 4.69) is 5.10 Å². The van der Waals surface area contributed by atoms with E-state index in [-0.39, 0.29) is 27.4 Å². The highest BCUT2D eigenvalue weighted by Crippen LogP contribution is 2.31. The number of hydrogen-bond donors (Lipinski definition) is 1. The number of hydrogen-bond acceptors (Lipinski definition) is 5. The Morgan fingerprint density at radius 2 is 1.86 bits per heavy atom. The van der Waals surface area contributed by atoms with Gasteiger partial charge in [-0.3, -0.25) is 4.79 Å². The standard InChI is InChI=1S/C12H8Cl3N3O4/c1-2-22-11(20)9-10(19)18(12(21)17-16-9)5-3-6(13)8(15)7(14)4-5/h3-4H,2H2,1H3,(H,17,21). The maximum absolute atomic E-state index is 12.3. The predicted octanol–water partition coefficient (Wildman–Crippen LogP) is 2.06. The average molecular weight is 365 g/mol. The van der Waals surface area contributed by atoms with E-state index in [4.69, 9.17) is 39.5 Å². The third kappa shape index (κ3) is 3.01. The highest BCUT2D eigenvalue weighted by Gasteiger charge is 2.19. The number of aromatic amines is 1. The van der Waals surface area contributed by atoms with E-state index in [0.717, 1.165) is 0 Å². The molecule has 0 amide bonds. The Bertz CT molecular complexity index is 836. The predicted molar refractivity (Wildman–Crippen MR) is 81.4 cm³/mol. The third-order valence-electron chi connectivity index (χ3n) is 2.57. The summed E-state index contributed by atoms with van der Waals surface area (Å²) < 4.78 is 5.36. The van der Waals surface area contributed by atoms with E-state index in [9.17, 15) is 14.4 Å². The Morgan fingerprint density at radius 3 is 2.41 bits per heavy atom. The summed E-state index contributed by atoms with van der Waals surface area (Å²) in [5, 5.41) is 5.62. The van der Waals surface area contributed by atoms with Gasteiger partial charge in [-0.1, -0.05) is 34.8 Å². The lowest BCUT2D eigenvalue weighted by atomic mass is 10.3. The van der Waals surface area contributed by atoms with E-state index in [1.807, 2.05) is 5.10 Å².